The van der Waals surface area contributed by atoms with Gasteiger partial charge in [-0.15, -0.1) is 0 Å². The van der Waals surface area contributed by atoms with Gasteiger partial charge in [0.05, 0.1) is 25.0 Å². The molecule has 26 heteroatoms. The minimum atomic E-state index is -1.15. The predicted octanol–water partition coefficient (Wildman–Crippen LogP) is 12.2. The zero-order chi connectivity index (χ0) is 58.3. The first-order chi connectivity index (χ1) is 35.6. The number of aliphatic carboxylic acids is 3. The van der Waals surface area contributed by atoms with Gasteiger partial charge in [-0.05, 0) is 289 Å². The van der Waals surface area contributed by atoms with E-state index in [0.29, 0.717) is 33.7 Å². The molecule has 19 nitrogen and oxygen atoms in total. The Kier molecular flexibility index (Phi) is 27.3. The summed E-state index contributed by atoms with van der Waals surface area (Å²) >= 11 is 14.5. The fourth-order valence-electron chi connectivity index (χ4n) is 6.14. The molecule has 5 aromatic carbocycles. The summed E-state index contributed by atoms with van der Waals surface area (Å²) < 4.78 is 27.4. The molecule has 416 valence electrons. The fraction of sp³-hybridized carbons (Fsp3) is 0.294. The zero-order valence-electron chi connectivity index (χ0n) is 41.8. The summed E-state index contributed by atoms with van der Waals surface area (Å²) in [5.41, 5.74) is 0.777. The van der Waals surface area contributed by atoms with Gasteiger partial charge in [-0.2, -0.15) is 0 Å². The van der Waals surface area contributed by atoms with Crippen LogP contribution < -0.4 is 25.4 Å². The molecule has 5 rings (SSSR count). The number of carboxylic acids is 3. The Morgan fingerprint density at radius 3 is 1.17 bits per heavy atom. The Morgan fingerprint density at radius 1 is 0.468 bits per heavy atom. The molecule has 3 atom stereocenters. The van der Waals surface area contributed by atoms with Crippen LogP contribution in [0.1, 0.15) is 65.2 Å². The number of rotatable bonds is 16. The Bertz CT molecular complexity index is 2880. The van der Waals surface area contributed by atoms with Crippen molar-refractivity contribution in [3.8, 4) is 40.2 Å². The van der Waals surface area contributed by atoms with E-state index in [-0.39, 0.29) is 42.4 Å². The molecule has 3 amide bonds. The van der Waals surface area contributed by atoms with Gasteiger partial charge in [-0.3, -0.25) is 4.79 Å². The lowest BCUT2D eigenvalue weighted by Crippen LogP contribution is -2.44. The van der Waals surface area contributed by atoms with Crippen LogP contribution in [0.25, 0.3) is 0 Å². The van der Waals surface area contributed by atoms with Crippen LogP contribution in [0.2, 0.25) is 0 Å². The molecule has 0 fully saturated rings. The Balaban J connectivity index is 0.000000317. The first-order valence-electron chi connectivity index (χ1n) is 22.3. The number of ether oxygens (including phenoxy) is 4. The number of aromatic hydroxyl groups is 3. The third-order valence-electron chi connectivity index (χ3n) is 9.37. The Hall–Kier alpha value is -3.37. The lowest BCUT2D eigenvalue weighted by Gasteiger charge is -2.22. The summed E-state index contributed by atoms with van der Waals surface area (Å²) in [6.45, 7) is 11.5. The van der Waals surface area contributed by atoms with E-state index in [1.54, 1.807) is 77.9 Å². The van der Waals surface area contributed by atoms with Gasteiger partial charge in [-0.1, -0.05) is 6.07 Å². The molecule has 0 aromatic heterocycles. The van der Waals surface area contributed by atoms with Gasteiger partial charge in [0, 0.05) is 26.2 Å². The van der Waals surface area contributed by atoms with Crippen LogP contribution in [0.3, 0.4) is 0 Å². The number of hydrogen-bond acceptors (Lipinski definition) is 13. The molecule has 0 spiro atoms. The maximum absolute atomic E-state index is 12.0. The molecule has 0 aliphatic carbocycles. The highest BCUT2D eigenvalue weighted by Crippen LogP contribution is 2.38. The summed E-state index contributed by atoms with van der Waals surface area (Å²) in [6.07, 6.45) is -1.18. The summed E-state index contributed by atoms with van der Waals surface area (Å²) in [7, 11) is 0. The standard InChI is InChI=1S/C20H19I4NO6.C20H21I2NO6.C11H12INO4/c1-20(2,3)31-19(29)25-15(18(27)28)6-9-4-13(23)17(14(24)5-9)30-10-7-11(21)16(26)12(22)8-10;1-20(2,3)29-19(27)23-16(18(25)26)10-11-8-14(21)17(15(22)9-11)28-13-6-4-12(24)5-7-13;1-6(14)13-9(11(16)17)5-7-2-3-10(15)8(12)4-7/h4-5,7-8,15,26H,6H2,1-3H3,(H,25,29)(H,27,28);4-9,16,24H,10H2,1-3H3,(H,23,27)(H,25,26);2-4,9,15H,5H2,1H3,(H,13,14)(H,16,17)/t15-;16-;9-/m111/s1. The number of phenols is 3. The molecule has 0 radical (unpaired) electrons. The molecule has 5 aromatic rings. The van der Waals surface area contributed by atoms with E-state index in [4.69, 9.17) is 24.1 Å². The van der Waals surface area contributed by atoms with Gasteiger partial charge in [0.1, 0.15) is 58.1 Å². The van der Waals surface area contributed by atoms with Crippen LogP contribution >= 0.6 is 158 Å². The van der Waals surface area contributed by atoms with Crippen molar-refractivity contribution in [2.24, 2.45) is 0 Å². The third-order valence-corrected chi connectivity index (χ3v) is 15.1. The molecule has 0 bridgehead atoms. The number of nitrogens with one attached hydrogen (secondary N) is 3. The van der Waals surface area contributed by atoms with Crippen LogP contribution in [0.15, 0.2) is 78.9 Å². The molecule has 0 aliphatic rings. The summed E-state index contributed by atoms with van der Waals surface area (Å²) in [5.74, 6) is -0.821. The molecule has 9 N–H and O–H groups in total. The van der Waals surface area contributed by atoms with Crippen LogP contribution in [0, 0.1) is 25.0 Å². The van der Waals surface area contributed by atoms with E-state index < -0.39 is 59.4 Å². The first kappa shape index (κ1) is 67.9. The highest BCUT2D eigenvalue weighted by atomic mass is 127. The first-order valence-corrected chi connectivity index (χ1v) is 29.9. The maximum atomic E-state index is 12.0. The van der Waals surface area contributed by atoms with Gasteiger partial charge in [0.25, 0.3) is 0 Å². The molecule has 77 heavy (non-hydrogen) atoms. The van der Waals surface area contributed by atoms with Crippen LogP contribution in [-0.2, 0) is 47.9 Å². The van der Waals surface area contributed by atoms with Crippen molar-refractivity contribution in [1.29, 1.82) is 0 Å². The Morgan fingerprint density at radius 2 is 0.818 bits per heavy atom. The third kappa shape index (κ3) is 24.5. The van der Waals surface area contributed by atoms with Crippen molar-refractivity contribution >= 4 is 194 Å². The van der Waals surface area contributed by atoms with E-state index in [1.165, 1.54) is 25.1 Å². The van der Waals surface area contributed by atoms with Crippen LogP contribution in [0.4, 0.5) is 9.59 Å². The molecule has 0 heterocycles. The largest absolute Gasteiger partial charge is 0.508 e. The van der Waals surface area contributed by atoms with Crippen LogP contribution in [0.5, 0.6) is 40.2 Å². The van der Waals surface area contributed by atoms with E-state index >= 15 is 0 Å². The number of alkyl carbamates (subject to hydrolysis) is 2. The van der Waals surface area contributed by atoms with Gasteiger partial charge >= 0.3 is 30.1 Å². The number of halogens is 7. The molecular formula is C51H52I7N3O16. The molecule has 0 unspecified atom stereocenters. The quantitative estimate of drug-likeness (QED) is 0.0415. The van der Waals surface area contributed by atoms with Crippen molar-refractivity contribution in [3.63, 3.8) is 0 Å². The second kappa shape index (κ2) is 31.0. The van der Waals surface area contributed by atoms with Crippen molar-refractivity contribution in [1.82, 2.24) is 16.0 Å². The van der Waals surface area contributed by atoms with Gasteiger partial charge in [0.2, 0.25) is 5.91 Å². The van der Waals surface area contributed by atoms with Crippen molar-refractivity contribution < 1.29 is 78.4 Å². The molecule has 0 saturated heterocycles. The molecule has 0 aliphatic heterocycles. The minimum absolute atomic E-state index is 0.0931. The number of amides is 3. The van der Waals surface area contributed by atoms with Crippen LogP contribution in [-0.4, -0.2) is 96.0 Å². The summed E-state index contributed by atoms with van der Waals surface area (Å²) in [4.78, 5) is 69.0. The highest BCUT2D eigenvalue weighted by Gasteiger charge is 2.27. The van der Waals surface area contributed by atoms with Crippen molar-refractivity contribution in [3.05, 3.63) is 121 Å². The summed E-state index contributed by atoms with van der Waals surface area (Å²) in [5, 5.41) is 63.8. The minimum Gasteiger partial charge on any atom is -0.508 e. The summed E-state index contributed by atoms with van der Waals surface area (Å²) in [6, 6.07) is 18.7. The molecule has 0 saturated carbocycles. The van der Waals surface area contributed by atoms with Gasteiger partial charge in [0.15, 0.2) is 11.5 Å². The fourth-order valence-corrected chi connectivity index (χ4v) is 12.7. The number of carboxylic acid groups (broad SMARTS) is 3. The normalized spacial score (nSPS) is 12.1. The highest BCUT2D eigenvalue weighted by molar-refractivity contribution is 14.1. The maximum Gasteiger partial charge on any atom is 0.408 e. The topological polar surface area (TPSA) is 297 Å². The van der Waals surface area contributed by atoms with Gasteiger partial charge < -0.3 is 65.5 Å². The second-order valence-corrected chi connectivity index (χ2v) is 26.4. The van der Waals surface area contributed by atoms with E-state index in [0.717, 1.165) is 31.0 Å². The monoisotopic (exact) mass is 1850 g/mol. The Labute approximate surface area is 539 Å². The SMILES string of the molecule is CC(=O)N[C@H](Cc1ccc(O)c(I)c1)C(=O)O.CC(C)(C)OC(=O)N[C@H](Cc1cc(I)c(Oc2cc(I)c(O)c(I)c2)c(I)c1)C(=O)O.CC(C)(C)OC(=O)N[C@H](Cc1cc(I)c(Oc2ccc(O)cc2)c(I)c1)C(=O)O. The lowest BCUT2D eigenvalue weighted by atomic mass is 10.1. The number of carbonyl (C=O) groups excluding carboxylic acids is 3. The number of benzene rings is 5. The predicted molar refractivity (Wildman–Crippen MR) is 344 cm³/mol. The van der Waals surface area contributed by atoms with E-state index in [9.17, 15) is 54.3 Å². The zero-order valence-corrected chi connectivity index (χ0v) is 56.9. The second-order valence-electron chi connectivity index (χ2n) is 18.3. The van der Waals surface area contributed by atoms with E-state index in [1.807, 2.05) is 92.0 Å². The number of hydrogen-bond donors (Lipinski definition) is 9. The average molecular weight is 1850 g/mol. The number of phenolic OH excluding ortho intramolecular Hbond substituents is 3. The number of carbonyl (C=O) groups is 6. The van der Waals surface area contributed by atoms with Gasteiger partial charge in [-0.25, -0.2) is 24.0 Å². The average Bonchev–Trinajstić information content (AvgIpc) is 3.28. The molecular weight excluding hydrogens is 1800 g/mol. The van der Waals surface area contributed by atoms with Crippen molar-refractivity contribution in [2.75, 3.05) is 0 Å². The van der Waals surface area contributed by atoms with E-state index in [2.05, 4.69) is 106 Å². The lowest BCUT2D eigenvalue weighted by molar-refractivity contribution is -0.141. The smallest absolute Gasteiger partial charge is 0.408 e. The van der Waals surface area contributed by atoms with Crippen molar-refractivity contribution in [2.45, 2.75) is 97.1 Å².